The fraction of sp³-hybridized carbons (Fsp3) is 0.412. The van der Waals surface area contributed by atoms with Gasteiger partial charge in [0.15, 0.2) is 0 Å². The maximum Gasteiger partial charge on any atom is 0.223 e. The van der Waals surface area contributed by atoms with E-state index in [9.17, 15) is 5.11 Å². The van der Waals surface area contributed by atoms with Gasteiger partial charge in [0, 0.05) is 24.0 Å². The molecule has 4 N–H and O–H groups in total. The summed E-state index contributed by atoms with van der Waals surface area (Å²) in [6, 6.07) is 5.75. The van der Waals surface area contributed by atoms with Crippen LogP contribution in [0.5, 0.6) is 5.75 Å². The molecule has 2 heterocycles. The van der Waals surface area contributed by atoms with Crippen LogP contribution >= 0.6 is 0 Å². The Morgan fingerprint density at radius 3 is 2.78 bits per heavy atom. The second-order valence-electron chi connectivity index (χ2n) is 6.39. The summed E-state index contributed by atoms with van der Waals surface area (Å²) in [6.45, 7) is 0. The van der Waals surface area contributed by atoms with Gasteiger partial charge in [0.05, 0.1) is 5.39 Å². The Hall–Kier alpha value is -2.50. The molecule has 6 heteroatoms. The van der Waals surface area contributed by atoms with Crippen LogP contribution in [0.2, 0.25) is 0 Å². The summed E-state index contributed by atoms with van der Waals surface area (Å²) in [6.07, 6.45) is 6.18. The minimum atomic E-state index is 0.237. The summed E-state index contributed by atoms with van der Waals surface area (Å²) in [4.78, 5) is 14.4. The quantitative estimate of drug-likeness (QED) is 0.676. The third-order valence-electron chi connectivity index (χ3n) is 4.89. The molecule has 2 aromatic heterocycles. The standard InChI is InChI=1S/C17H21N5O/c1-22(10-5-3-2-4-6-10)16-14-12-9-11(23)7-8-13(12)19-15(14)20-17(18)21-16/h7-10,23H,2-6H2,1H3,(H3,18,19,20,21). The molecule has 6 nitrogen and oxygen atoms in total. The van der Waals surface area contributed by atoms with Gasteiger partial charge in [-0.3, -0.25) is 0 Å². The van der Waals surface area contributed by atoms with Crippen molar-refractivity contribution in [3.63, 3.8) is 0 Å². The number of hydrogen-bond donors (Lipinski definition) is 3. The van der Waals surface area contributed by atoms with Crippen LogP contribution < -0.4 is 10.6 Å². The zero-order valence-electron chi connectivity index (χ0n) is 13.2. The molecule has 1 aliphatic rings. The number of benzene rings is 1. The van der Waals surface area contributed by atoms with E-state index in [1.54, 1.807) is 12.1 Å². The number of phenols is 1. The summed E-state index contributed by atoms with van der Waals surface area (Å²) in [5.74, 6) is 1.35. The third-order valence-corrected chi connectivity index (χ3v) is 4.89. The van der Waals surface area contributed by atoms with Crippen LogP contribution in [0.4, 0.5) is 11.8 Å². The van der Waals surface area contributed by atoms with E-state index in [1.807, 2.05) is 6.07 Å². The highest BCUT2D eigenvalue weighted by atomic mass is 16.3. The van der Waals surface area contributed by atoms with Gasteiger partial charge in [-0.1, -0.05) is 19.3 Å². The van der Waals surface area contributed by atoms with E-state index in [0.717, 1.165) is 27.8 Å². The average molecular weight is 311 g/mol. The van der Waals surface area contributed by atoms with Crippen LogP contribution in [-0.2, 0) is 0 Å². The number of hydrogen-bond acceptors (Lipinski definition) is 5. The molecule has 0 unspecified atom stereocenters. The average Bonchev–Trinajstić information content (AvgIpc) is 2.91. The predicted octanol–water partition coefficient (Wildman–Crippen LogP) is 3.17. The number of rotatable bonds is 2. The lowest BCUT2D eigenvalue weighted by molar-refractivity contribution is 0.426. The highest BCUT2D eigenvalue weighted by Gasteiger charge is 2.23. The molecule has 1 fully saturated rings. The smallest absolute Gasteiger partial charge is 0.223 e. The highest BCUT2D eigenvalue weighted by Crippen LogP contribution is 2.35. The van der Waals surface area contributed by atoms with E-state index in [-0.39, 0.29) is 11.7 Å². The number of H-pyrrole nitrogens is 1. The number of phenolic OH excluding ortho intramolecular Hbond substituents is 1. The summed E-state index contributed by atoms with van der Waals surface area (Å²) in [5, 5.41) is 11.7. The van der Waals surface area contributed by atoms with Crippen molar-refractivity contribution in [1.29, 1.82) is 0 Å². The largest absolute Gasteiger partial charge is 0.508 e. The molecule has 0 atom stereocenters. The summed E-state index contributed by atoms with van der Waals surface area (Å²) in [5.41, 5.74) is 7.57. The monoisotopic (exact) mass is 311 g/mol. The number of fused-ring (bicyclic) bond motifs is 3. The maximum atomic E-state index is 9.85. The number of nitrogen functional groups attached to an aromatic ring is 1. The van der Waals surface area contributed by atoms with E-state index in [4.69, 9.17) is 5.73 Å². The first-order chi connectivity index (χ1) is 11.1. The Balaban J connectivity index is 1.93. The Bertz CT molecular complexity index is 866. The van der Waals surface area contributed by atoms with Gasteiger partial charge in [-0.2, -0.15) is 9.97 Å². The van der Waals surface area contributed by atoms with Crippen molar-refractivity contribution in [3.8, 4) is 5.75 Å². The lowest BCUT2D eigenvalue weighted by Crippen LogP contribution is -2.34. The number of aromatic amines is 1. The number of nitrogens with one attached hydrogen (secondary N) is 1. The molecule has 4 rings (SSSR count). The van der Waals surface area contributed by atoms with Gasteiger partial charge in [0.2, 0.25) is 5.95 Å². The molecular formula is C17H21N5O. The molecule has 0 radical (unpaired) electrons. The lowest BCUT2D eigenvalue weighted by atomic mass is 9.94. The lowest BCUT2D eigenvalue weighted by Gasteiger charge is -2.32. The van der Waals surface area contributed by atoms with Gasteiger partial charge < -0.3 is 20.7 Å². The first kappa shape index (κ1) is 14.1. The minimum absolute atomic E-state index is 0.237. The van der Waals surface area contributed by atoms with Crippen molar-refractivity contribution in [2.75, 3.05) is 17.7 Å². The van der Waals surface area contributed by atoms with E-state index in [0.29, 0.717) is 6.04 Å². The van der Waals surface area contributed by atoms with Gasteiger partial charge in [0.25, 0.3) is 0 Å². The molecular weight excluding hydrogens is 290 g/mol. The Morgan fingerprint density at radius 1 is 1.22 bits per heavy atom. The second kappa shape index (κ2) is 5.30. The molecule has 0 spiro atoms. The number of nitrogens with two attached hydrogens (primary N) is 1. The van der Waals surface area contributed by atoms with Crippen LogP contribution in [0, 0.1) is 0 Å². The van der Waals surface area contributed by atoms with Crippen molar-refractivity contribution >= 4 is 33.7 Å². The molecule has 0 aliphatic heterocycles. The zero-order valence-corrected chi connectivity index (χ0v) is 13.2. The Kier molecular flexibility index (Phi) is 3.25. The molecule has 0 amide bonds. The zero-order chi connectivity index (χ0) is 16.0. The third kappa shape index (κ3) is 2.34. The van der Waals surface area contributed by atoms with Gasteiger partial charge >= 0.3 is 0 Å². The Labute approximate surface area is 134 Å². The van der Waals surface area contributed by atoms with Crippen LogP contribution in [0.3, 0.4) is 0 Å². The van der Waals surface area contributed by atoms with Crippen LogP contribution in [0.25, 0.3) is 21.9 Å². The molecule has 0 saturated heterocycles. The van der Waals surface area contributed by atoms with Crippen molar-refractivity contribution < 1.29 is 5.11 Å². The number of anilines is 2. The highest BCUT2D eigenvalue weighted by molar-refractivity contribution is 6.12. The number of aromatic hydroxyl groups is 1. The minimum Gasteiger partial charge on any atom is -0.508 e. The van der Waals surface area contributed by atoms with Crippen LogP contribution in [0.15, 0.2) is 18.2 Å². The van der Waals surface area contributed by atoms with E-state index < -0.39 is 0 Å². The number of aromatic nitrogens is 3. The SMILES string of the molecule is CN(c1nc(N)nc2[nH]c3ccc(O)cc3c12)C1CCCCC1. The van der Waals surface area contributed by atoms with E-state index in [2.05, 4.69) is 26.9 Å². The summed E-state index contributed by atoms with van der Waals surface area (Å²) in [7, 11) is 2.08. The Morgan fingerprint density at radius 2 is 2.00 bits per heavy atom. The fourth-order valence-corrected chi connectivity index (χ4v) is 3.68. The van der Waals surface area contributed by atoms with Crippen LogP contribution in [-0.4, -0.2) is 33.1 Å². The van der Waals surface area contributed by atoms with Crippen molar-refractivity contribution in [3.05, 3.63) is 18.2 Å². The van der Waals surface area contributed by atoms with Crippen molar-refractivity contribution in [2.45, 2.75) is 38.1 Å². The molecule has 0 bridgehead atoms. The van der Waals surface area contributed by atoms with Gasteiger partial charge in [-0.05, 0) is 31.0 Å². The first-order valence-corrected chi connectivity index (χ1v) is 8.14. The topological polar surface area (TPSA) is 91.1 Å². The van der Waals surface area contributed by atoms with Crippen LogP contribution in [0.1, 0.15) is 32.1 Å². The first-order valence-electron chi connectivity index (χ1n) is 8.14. The number of nitrogens with zero attached hydrogens (tertiary/aromatic N) is 3. The summed E-state index contributed by atoms with van der Waals surface area (Å²) < 4.78 is 0. The normalized spacial score (nSPS) is 16.2. The molecule has 120 valence electrons. The molecule has 1 aliphatic carbocycles. The van der Waals surface area contributed by atoms with Gasteiger partial charge in [0.1, 0.15) is 17.2 Å². The van der Waals surface area contributed by atoms with Gasteiger partial charge in [-0.25, -0.2) is 0 Å². The molecule has 23 heavy (non-hydrogen) atoms. The maximum absolute atomic E-state index is 9.85. The molecule has 3 aromatic rings. The molecule has 1 aromatic carbocycles. The van der Waals surface area contributed by atoms with Gasteiger partial charge in [-0.15, -0.1) is 0 Å². The summed E-state index contributed by atoms with van der Waals surface area (Å²) >= 11 is 0. The predicted molar refractivity (Wildman–Crippen MR) is 92.7 cm³/mol. The fourth-order valence-electron chi connectivity index (χ4n) is 3.68. The van der Waals surface area contributed by atoms with Crippen molar-refractivity contribution in [2.24, 2.45) is 0 Å². The van der Waals surface area contributed by atoms with E-state index in [1.165, 1.54) is 32.1 Å². The second-order valence-corrected chi connectivity index (χ2v) is 6.39. The van der Waals surface area contributed by atoms with E-state index >= 15 is 0 Å². The molecule has 1 saturated carbocycles. The van der Waals surface area contributed by atoms with Crippen molar-refractivity contribution in [1.82, 2.24) is 15.0 Å².